The Morgan fingerprint density at radius 2 is 2.05 bits per heavy atom. The van der Waals surface area contributed by atoms with Crippen LogP contribution in [0.1, 0.15) is 25.7 Å². The number of benzene rings is 1. The highest BCUT2D eigenvalue weighted by molar-refractivity contribution is 7.98. The van der Waals surface area contributed by atoms with Crippen molar-refractivity contribution in [1.29, 1.82) is 0 Å². The predicted octanol–water partition coefficient (Wildman–Crippen LogP) is 4.63. The number of thioether (sulfide) groups is 1. The first-order chi connectivity index (χ1) is 9.76. The number of nitrogens with one attached hydrogen (secondary N) is 1. The average Bonchev–Trinajstić information content (AvgIpc) is 2.77. The molecule has 3 nitrogen and oxygen atoms in total. The zero-order chi connectivity index (χ0) is 14.4. The van der Waals surface area contributed by atoms with Crippen LogP contribution in [0.5, 0.6) is 5.75 Å². The number of unbranched alkanes of at least 4 members (excludes halogenated alkanes) is 3. The average molecular weight is 310 g/mol. The van der Waals surface area contributed by atoms with Crippen molar-refractivity contribution in [3.05, 3.63) is 23.0 Å². The normalized spacial score (nSPS) is 11.1. The summed E-state index contributed by atoms with van der Waals surface area (Å²) in [6.07, 6.45) is 7.24. The van der Waals surface area contributed by atoms with E-state index in [0.717, 1.165) is 22.6 Å². The number of ether oxygens (including phenoxy) is 1. The lowest BCUT2D eigenvalue weighted by atomic mass is 10.2. The van der Waals surface area contributed by atoms with Crippen molar-refractivity contribution < 1.29 is 4.74 Å². The molecule has 110 valence electrons. The van der Waals surface area contributed by atoms with E-state index >= 15 is 0 Å². The molecule has 0 radical (unpaired) electrons. The maximum absolute atomic E-state index is 5.42. The first kappa shape index (κ1) is 15.4. The Bertz CT molecular complexity index is 603. The molecule has 2 rings (SSSR count). The van der Waals surface area contributed by atoms with Crippen LogP contribution in [-0.2, 0) is 6.54 Å². The summed E-state index contributed by atoms with van der Waals surface area (Å²) in [5.74, 6) is 2.13. The molecule has 0 spiro atoms. The molecule has 1 heterocycles. The van der Waals surface area contributed by atoms with Gasteiger partial charge in [-0.2, -0.15) is 11.8 Å². The Hall–Kier alpha value is -0.940. The summed E-state index contributed by atoms with van der Waals surface area (Å²) in [6.45, 7) is 0.991. The molecule has 0 aliphatic rings. The van der Waals surface area contributed by atoms with Crippen LogP contribution >= 0.6 is 24.0 Å². The second kappa shape index (κ2) is 7.74. The third kappa shape index (κ3) is 3.79. The fourth-order valence-corrected chi connectivity index (χ4v) is 3.15. The van der Waals surface area contributed by atoms with E-state index < -0.39 is 0 Å². The van der Waals surface area contributed by atoms with Crippen LogP contribution in [0.25, 0.3) is 11.0 Å². The number of aromatic nitrogens is 2. The number of methoxy groups -OCH3 is 1. The van der Waals surface area contributed by atoms with E-state index in [1.807, 2.05) is 23.9 Å². The minimum atomic E-state index is 0.803. The van der Waals surface area contributed by atoms with Crippen LogP contribution in [0.15, 0.2) is 18.2 Å². The largest absolute Gasteiger partial charge is 0.497 e. The van der Waals surface area contributed by atoms with Gasteiger partial charge in [0.15, 0.2) is 4.77 Å². The molecule has 20 heavy (non-hydrogen) atoms. The molecule has 0 aliphatic carbocycles. The highest BCUT2D eigenvalue weighted by Gasteiger charge is 2.05. The number of rotatable bonds is 8. The summed E-state index contributed by atoms with van der Waals surface area (Å²) < 4.78 is 8.24. The van der Waals surface area contributed by atoms with E-state index in [1.165, 1.54) is 37.0 Å². The Balaban J connectivity index is 1.99. The summed E-state index contributed by atoms with van der Waals surface area (Å²) in [4.78, 5) is 3.26. The maximum Gasteiger partial charge on any atom is 0.178 e. The number of hydrogen-bond acceptors (Lipinski definition) is 3. The molecule has 0 bridgehead atoms. The number of H-pyrrole nitrogens is 1. The van der Waals surface area contributed by atoms with Gasteiger partial charge in [0.2, 0.25) is 0 Å². The molecule has 0 atom stereocenters. The van der Waals surface area contributed by atoms with E-state index in [9.17, 15) is 0 Å². The van der Waals surface area contributed by atoms with Crippen molar-refractivity contribution in [2.75, 3.05) is 19.1 Å². The zero-order valence-corrected chi connectivity index (χ0v) is 13.8. The molecular weight excluding hydrogens is 288 g/mol. The van der Waals surface area contributed by atoms with Gasteiger partial charge in [-0.3, -0.25) is 0 Å². The summed E-state index contributed by atoms with van der Waals surface area (Å²) in [7, 11) is 1.68. The van der Waals surface area contributed by atoms with Crippen LogP contribution in [0, 0.1) is 4.77 Å². The van der Waals surface area contributed by atoms with Crippen molar-refractivity contribution in [1.82, 2.24) is 9.55 Å². The first-order valence-corrected chi connectivity index (χ1v) is 8.82. The van der Waals surface area contributed by atoms with Crippen LogP contribution < -0.4 is 4.74 Å². The summed E-state index contributed by atoms with van der Waals surface area (Å²) >= 11 is 7.34. The van der Waals surface area contributed by atoms with Gasteiger partial charge in [-0.25, -0.2) is 0 Å². The standard InChI is InChI=1S/C15H22N2OS2/c1-18-12-7-8-14-13(11-12)16-15(19)17(14)9-5-3-4-6-10-20-2/h7-8,11H,3-6,9-10H2,1-2H3,(H,16,19). The van der Waals surface area contributed by atoms with Crippen molar-refractivity contribution in [3.8, 4) is 5.75 Å². The SMILES string of the molecule is COc1ccc2c(c1)[nH]c(=S)n2CCCCCCSC. The van der Waals surface area contributed by atoms with Gasteiger partial charge in [-0.15, -0.1) is 0 Å². The van der Waals surface area contributed by atoms with Gasteiger partial charge >= 0.3 is 0 Å². The molecule has 1 aromatic heterocycles. The topological polar surface area (TPSA) is 29.9 Å². The monoisotopic (exact) mass is 310 g/mol. The van der Waals surface area contributed by atoms with Gasteiger partial charge in [-0.1, -0.05) is 12.8 Å². The van der Waals surface area contributed by atoms with Crippen LogP contribution in [-0.4, -0.2) is 28.7 Å². The van der Waals surface area contributed by atoms with Gasteiger partial charge in [0.1, 0.15) is 5.75 Å². The molecule has 0 amide bonds. The highest BCUT2D eigenvalue weighted by Crippen LogP contribution is 2.21. The van der Waals surface area contributed by atoms with Crippen molar-refractivity contribution >= 4 is 35.0 Å². The Kier molecular flexibility index (Phi) is 5.98. The molecule has 0 saturated carbocycles. The Labute approximate surface area is 129 Å². The first-order valence-electron chi connectivity index (χ1n) is 7.01. The Morgan fingerprint density at radius 1 is 1.25 bits per heavy atom. The molecule has 1 N–H and O–H groups in total. The van der Waals surface area contributed by atoms with Gasteiger partial charge in [0.05, 0.1) is 18.1 Å². The zero-order valence-electron chi connectivity index (χ0n) is 12.1. The second-order valence-corrected chi connectivity index (χ2v) is 6.24. The van der Waals surface area contributed by atoms with E-state index in [4.69, 9.17) is 17.0 Å². The second-order valence-electron chi connectivity index (χ2n) is 4.87. The van der Waals surface area contributed by atoms with Crippen molar-refractivity contribution in [2.24, 2.45) is 0 Å². The fourth-order valence-electron chi connectivity index (χ4n) is 2.36. The van der Waals surface area contributed by atoms with Gasteiger partial charge < -0.3 is 14.3 Å². The predicted molar refractivity (Wildman–Crippen MR) is 90.5 cm³/mol. The van der Waals surface area contributed by atoms with Crippen molar-refractivity contribution in [3.63, 3.8) is 0 Å². The fraction of sp³-hybridized carbons (Fsp3) is 0.533. The third-order valence-electron chi connectivity index (χ3n) is 3.46. The van der Waals surface area contributed by atoms with Crippen molar-refractivity contribution in [2.45, 2.75) is 32.2 Å². The maximum atomic E-state index is 5.42. The third-order valence-corrected chi connectivity index (χ3v) is 4.48. The number of aryl methyl sites for hydroxylation is 1. The summed E-state index contributed by atoms with van der Waals surface area (Å²) in [5.41, 5.74) is 2.22. The van der Waals surface area contributed by atoms with Crippen LogP contribution in [0.2, 0.25) is 0 Å². The lowest BCUT2D eigenvalue weighted by Crippen LogP contribution is -1.98. The smallest absolute Gasteiger partial charge is 0.178 e. The molecule has 0 unspecified atom stereocenters. The number of fused-ring (bicyclic) bond motifs is 1. The molecule has 1 aromatic carbocycles. The molecule has 0 saturated heterocycles. The van der Waals surface area contributed by atoms with Gasteiger partial charge in [-0.05, 0) is 49.2 Å². The number of hydrogen-bond donors (Lipinski definition) is 1. The van der Waals surface area contributed by atoms with E-state index in [1.54, 1.807) is 7.11 Å². The highest BCUT2D eigenvalue weighted by atomic mass is 32.2. The van der Waals surface area contributed by atoms with Crippen LogP contribution in [0.3, 0.4) is 0 Å². The quantitative estimate of drug-likeness (QED) is 0.569. The molecular formula is C15H22N2OS2. The van der Waals surface area contributed by atoms with E-state index in [0.29, 0.717) is 0 Å². The van der Waals surface area contributed by atoms with E-state index in [-0.39, 0.29) is 0 Å². The molecule has 0 aliphatic heterocycles. The molecule has 5 heteroatoms. The lowest BCUT2D eigenvalue weighted by Gasteiger charge is -2.05. The van der Waals surface area contributed by atoms with Gasteiger partial charge in [0, 0.05) is 12.6 Å². The summed E-state index contributed by atoms with van der Waals surface area (Å²) in [5, 5.41) is 0. The number of imidazole rings is 1. The summed E-state index contributed by atoms with van der Waals surface area (Å²) in [6, 6.07) is 6.06. The minimum absolute atomic E-state index is 0.803. The minimum Gasteiger partial charge on any atom is -0.497 e. The Morgan fingerprint density at radius 3 is 2.80 bits per heavy atom. The number of nitrogens with zero attached hydrogens (tertiary/aromatic N) is 1. The number of aromatic amines is 1. The molecule has 0 fully saturated rings. The van der Waals surface area contributed by atoms with Crippen LogP contribution in [0.4, 0.5) is 0 Å². The van der Waals surface area contributed by atoms with Gasteiger partial charge in [0.25, 0.3) is 0 Å². The molecule has 2 aromatic rings. The van der Waals surface area contributed by atoms with E-state index in [2.05, 4.69) is 21.9 Å². The lowest BCUT2D eigenvalue weighted by molar-refractivity contribution is 0.415.